The number of urea groups is 1. The van der Waals surface area contributed by atoms with Crippen molar-refractivity contribution in [3.63, 3.8) is 0 Å². The van der Waals surface area contributed by atoms with Crippen LogP contribution in [0.15, 0.2) is 24.3 Å². The lowest BCUT2D eigenvalue weighted by atomic mass is 10.2. The van der Waals surface area contributed by atoms with E-state index in [4.69, 9.17) is 4.74 Å². The van der Waals surface area contributed by atoms with E-state index in [9.17, 15) is 14.4 Å². The molecular formula is C20H26N4O4. The number of rotatable bonds is 5. The highest BCUT2D eigenvalue weighted by Gasteiger charge is 2.48. The Kier molecular flexibility index (Phi) is 5.21. The van der Waals surface area contributed by atoms with Crippen LogP contribution in [0.1, 0.15) is 25.7 Å². The van der Waals surface area contributed by atoms with Crippen molar-refractivity contribution < 1.29 is 19.1 Å². The van der Waals surface area contributed by atoms with E-state index in [-0.39, 0.29) is 12.7 Å². The molecule has 0 bridgehead atoms. The van der Waals surface area contributed by atoms with Crippen LogP contribution in [0.4, 0.5) is 10.5 Å². The van der Waals surface area contributed by atoms with Crippen LogP contribution < -0.4 is 9.64 Å². The lowest BCUT2D eigenvalue weighted by molar-refractivity contribution is -0.144. The second-order valence-corrected chi connectivity index (χ2v) is 7.57. The monoisotopic (exact) mass is 386 g/mol. The maximum absolute atomic E-state index is 12.7. The molecule has 1 aromatic rings. The Bertz CT molecular complexity index is 752. The van der Waals surface area contributed by atoms with E-state index in [1.165, 1.54) is 4.90 Å². The molecule has 1 saturated carbocycles. The van der Waals surface area contributed by atoms with Crippen LogP contribution in [-0.4, -0.2) is 78.5 Å². The van der Waals surface area contributed by atoms with E-state index >= 15 is 0 Å². The molecule has 0 atom stereocenters. The van der Waals surface area contributed by atoms with Crippen molar-refractivity contribution in [1.82, 2.24) is 14.7 Å². The standard InChI is InChI=1S/C20H26N4O4/c1-28-17-8-6-15(7-9-17)22-12-10-21(11-13-22)14-23-18(25)19(26)24(20(23)27)16-4-2-3-5-16/h6-9,16H,2-5,10-14H2,1H3. The Labute approximate surface area is 164 Å². The largest absolute Gasteiger partial charge is 0.497 e. The quantitative estimate of drug-likeness (QED) is 0.564. The predicted molar refractivity (Wildman–Crippen MR) is 103 cm³/mol. The molecule has 0 N–H and O–H groups in total. The summed E-state index contributed by atoms with van der Waals surface area (Å²) in [6.07, 6.45) is 3.62. The van der Waals surface area contributed by atoms with Crippen LogP contribution in [0.3, 0.4) is 0 Å². The third-order valence-electron chi connectivity index (χ3n) is 5.93. The fourth-order valence-corrected chi connectivity index (χ4v) is 4.27. The van der Waals surface area contributed by atoms with Crippen molar-refractivity contribution in [3.05, 3.63) is 24.3 Å². The van der Waals surface area contributed by atoms with Gasteiger partial charge in [-0.3, -0.25) is 19.4 Å². The number of imide groups is 2. The average Bonchev–Trinajstić information content (AvgIpc) is 3.32. The van der Waals surface area contributed by atoms with Gasteiger partial charge in [0.1, 0.15) is 5.75 Å². The summed E-state index contributed by atoms with van der Waals surface area (Å²) in [5, 5.41) is 0. The third kappa shape index (κ3) is 3.44. The van der Waals surface area contributed by atoms with Crippen LogP contribution in [0, 0.1) is 0 Å². The van der Waals surface area contributed by atoms with Crippen LogP contribution in [0.2, 0.25) is 0 Å². The SMILES string of the molecule is COc1ccc(N2CCN(CN3C(=O)C(=O)N(C4CCCC4)C3=O)CC2)cc1. The third-order valence-corrected chi connectivity index (χ3v) is 5.93. The zero-order valence-electron chi connectivity index (χ0n) is 16.2. The van der Waals surface area contributed by atoms with E-state index in [0.29, 0.717) is 0 Å². The highest BCUT2D eigenvalue weighted by Crippen LogP contribution is 2.28. The van der Waals surface area contributed by atoms with Gasteiger partial charge in [-0.25, -0.2) is 9.69 Å². The number of amides is 4. The highest BCUT2D eigenvalue weighted by molar-refractivity contribution is 6.44. The van der Waals surface area contributed by atoms with Gasteiger partial charge in [0.2, 0.25) is 0 Å². The van der Waals surface area contributed by atoms with Gasteiger partial charge in [0.15, 0.2) is 0 Å². The van der Waals surface area contributed by atoms with Gasteiger partial charge < -0.3 is 9.64 Å². The first-order chi connectivity index (χ1) is 13.6. The van der Waals surface area contributed by atoms with E-state index in [2.05, 4.69) is 9.80 Å². The summed E-state index contributed by atoms with van der Waals surface area (Å²) in [5.74, 6) is -0.520. The number of hydrogen-bond donors (Lipinski definition) is 0. The fourth-order valence-electron chi connectivity index (χ4n) is 4.27. The molecule has 0 aromatic heterocycles. The average molecular weight is 386 g/mol. The summed E-state index contributed by atoms with van der Waals surface area (Å²) in [5.41, 5.74) is 1.12. The second kappa shape index (κ2) is 7.79. The zero-order valence-corrected chi connectivity index (χ0v) is 16.2. The van der Waals surface area contributed by atoms with E-state index in [1.807, 2.05) is 24.3 Å². The molecule has 8 nitrogen and oxygen atoms in total. The van der Waals surface area contributed by atoms with E-state index in [1.54, 1.807) is 7.11 Å². The summed E-state index contributed by atoms with van der Waals surface area (Å²) in [4.78, 5) is 44.0. The normalized spacial score (nSPS) is 21.9. The molecule has 3 fully saturated rings. The summed E-state index contributed by atoms with van der Waals surface area (Å²) in [6.45, 7) is 3.22. The Morgan fingerprint density at radius 2 is 1.57 bits per heavy atom. The van der Waals surface area contributed by atoms with Gasteiger partial charge in [-0.2, -0.15) is 0 Å². The Hall–Kier alpha value is -2.61. The molecule has 1 aromatic carbocycles. The van der Waals surface area contributed by atoms with Crippen LogP contribution in [0.5, 0.6) is 5.75 Å². The van der Waals surface area contributed by atoms with E-state index < -0.39 is 17.8 Å². The molecule has 2 heterocycles. The lowest BCUT2D eigenvalue weighted by Crippen LogP contribution is -2.51. The molecule has 8 heteroatoms. The number of piperazine rings is 1. The molecule has 4 amide bonds. The number of carbonyl (C=O) groups is 3. The summed E-state index contributed by atoms with van der Waals surface area (Å²) >= 11 is 0. The number of carbonyl (C=O) groups excluding carboxylic acids is 3. The molecule has 4 rings (SSSR count). The van der Waals surface area contributed by atoms with Crippen molar-refractivity contribution in [2.45, 2.75) is 31.7 Å². The van der Waals surface area contributed by atoms with Crippen molar-refractivity contribution >= 4 is 23.5 Å². The Morgan fingerprint density at radius 1 is 0.929 bits per heavy atom. The van der Waals surface area contributed by atoms with Crippen LogP contribution >= 0.6 is 0 Å². The minimum atomic E-state index is -0.686. The minimum absolute atomic E-state index is 0.110. The molecular weight excluding hydrogens is 360 g/mol. The van der Waals surface area contributed by atoms with Crippen molar-refractivity contribution in [2.75, 3.05) is 44.9 Å². The Balaban J connectivity index is 1.34. The molecule has 2 saturated heterocycles. The molecule has 1 aliphatic carbocycles. The first-order valence-electron chi connectivity index (χ1n) is 9.89. The highest BCUT2D eigenvalue weighted by atomic mass is 16.5. The second-order valence-electron chi connectivity index (χ2n) is 7.57. The molecule has 28 heavy (non-hydrogen) atoms. The van der Waals surface area contributed by atoms with Gasteiger partial charge in [-0.05, 0) is 37.1 Å². The number of hydrogen-bond acceptors (Lipinski definition) is 6. The van der Waals surface area contributed by atoms with Crippen LogP contribution in [0.25, 0.3) is 0 Å². The molecule has 0 spiro atoms. The van der Waals surface area contributed by atoms with E-state index in [0.717, 1.165) is 68.2 Å². The van der Waals surface area contributed by atoms with Gasteiger partial charge in [0.05, 0.1) is 13.8 Å². The summed E-state index contributed by atoms with van der Waals surface area (Å²) in [7, 11) is 1.65. The molecule has 0 unspecified atom stereocenters. The van der Waals surface area contributed by atoms with Gasteiger partial charge in [0, 0.05) is 37.9 Å². The van der Waals surface area contributed by atoms with Gasteiger partial charge in [0.25, 0.3) is 0 Å². The van der Waals surface area contributed by atoms with Gasteiger partial charge in [-0.1, -0.05) is 12.8 Å². The molecule has 2 aliphatic heterocycles. The first-order valence-corrected chi connectivity index (χ1v) is 9.89. The smallest absolute Gasteiger partial charge is 0.335 e. The molecule has 150 valence electrons. The van der Waals surface area contributed by atoms with Gasteiger partial charge in [-0.15, -0.1) is 0 Å². The number of methoxy groups -OCH3 is 1. The first kappa shape index (κ1) is 18.7. The zero-order chi connectivity index (χ0) is 19.7. The van der Waals surface area contributed by atoms with Crippen molar-refractivity contribution in [3.8, 4) is 5.75 Å². The molecule has 0 radical (unpaired) electrons. The van der Waals surface area contributed by atoms with Crippen molar-refractivity contribution in [2.24, 2.45) is 0 Å². The maximum atomic E-state index is 12.7. The number of benzene rings is 1. The lowest BCUT2D eigenvalue weighted by Gasteiger charge is -2.37. The summed E-state index contributed by atoms with van der Waals surface area (Å²) < 4.78 is 5.19. The number of ether oxygens (including phenoxy) is 1. The Morgan fingerprint density at radius 3 is 2.18 bits per heavy atom. The number of anilines is 1. The molecule has 3 aliphatic rings. The predicted octanol–water partition coefficient (Wildman–Crippen LogP) is 1.51. The van der Waals surface area contributed by atoms with Gasteiger partial charge >= 0.3 is 17.8 Å². The topological polar surface area (TPSA) is 73.4 Å². The fraction of sp³-hybridized carbons (Fsp3) is 0.550. The maximum Gasteiger partial charge on any atom is 0.335 e. The summed E-state index contributed by atoms with van der Waals surface area (Å²) in [6, 6.07) is 7.37. The minimum Gasteiger partial charge on any atom is -0.497 e. The number of nitrogens with zero attached hydrogens (tertiary/aromatic N) is 4. The van der Waals surface area contributed by atoms with Crippen LogP contribution in [-0.2, 0) is 9.59 Å². The van der Waals surface area contributed by atoms with Crippen molar-refractivity contribution in [1.29, 1.82) is 0 Å².